The van der Waals surface area contributed by atoms with Crippen molar-refractivity contribution in [3.05, 3.63) is 70.8 Å². The number of benzene rings is 2. The smallest absolute Gasteiger partial charge is 0.162 e. The van der Waals surface area contributed by atoms with E-state index in [-0.39, 0.29) is 12.0 Å². The normalized spacial score (nSPS) is 12.4. The average Bonchev–Trinajstić information content (AvgIpc) is 2.43. The van der Waals surface area contributed by atoms with Gasteiger partial charge in [-0.3, -0.25) is 0 Å². The Hall–Kier alpha value is -1.74. The summed E-state index contributed by atoms with van der Waals surface area (Å²) in [5.41, 5.74) is 1.99. The summed E-state index contributed by atoms with van der Waals surface area (Å²) in [4.78, 5) is 0. The fourth-order valence-electron chi connectivity index (χ4n) is 2.21. The maximum absolute atomic E-state index is 13.6. The van der Waals surface area contributed by atoms with Crippen molar-refractivity contribution in [2.24, 2.45) is 0 Å². The van der Waals surface area contributed by atoms with Crippen LogP contribution in [0.4, 0.5) is 8.78 Å². The predicted molar refractivity (Wildman–Crippen MR) is 70.8 cm³/mol. The second-order valence-corrected chi connectivity index (χ2v) is 4.49. The van der Waals surface area contributed by atoms with Crippen LogP contribution >= 0.6 is 0 Å². The van der Waals surface area contributed by atoms with Gasteiger partial charge in [0.1, 0.15) is 0 Å². The fraction of sp³-hybridized carbons (Fsp3) is 0.250. The van der Waals surface area contributed by atoms with Gasteiger partial charge in [0.25, 0.3) is 0 Å². The van der Waals surface area contributed by atoms with Gasteiger partial charge < -0.3 is 5.11 Å². The van der Waals surface area contributed by atoms with Gasteiger partial charge >= 0.3 is 0 Å². The van der Waals surface area contributed by atoms with E-state index in [0.717, 1.165) is 23.6 Å². The molecule has 2 aromatic carbocycles. The van der Waals surface area contributed by atoms with Crippen LogP contribution in [0.15, 0.2) is 42.5 Å². The van der Waals surface area contributed by atoms with Gasteiger partial charge in [-0.25, -0.2) is 8.78 Å². The first-order chi connectivity index (χ1) is 9.13. The van der Waals surface area contributed by atoms with Crippen LogP contribution in [0.25, 0.3) is 0 Å². The second-order valence-electron chi connectivity index (χ2n) is 4.49. The summed E-state index contributed by atoms with van der Waals surface area (Å²) in [5.74, 6) is -1.76. The maximum atomic E-state index is 13.6. The highest BCUT2D eigenvalue weighted by Gasteiger charge is 2.15. The van der Waals surface area contributed by atoms with Crippen molar-refractivity contribution in [3.8, 4) is 0 Å². The molecule has 0 heterocycles. The summed E-state index contributed by atoms with van der Waals surface area (Å²) in [5, 5.41) is 10.2. The predicted octanol–water partition coefficient (Wildman–Crippen LogP) is 3.80. The minimum absolute atomic E-state index is 0.0700. The summed E-state index contributed by atoms with van der Waals surface area (Å²) in [7, 11) is 0. The summed E-state index contributed by atoms with van der Waals surface area (Å²) in [6.07, 6.45) is 0.0342. The first-order valence-electron chi connectivity index (χ1n) is 6.32. The SMILES string of the molecule is CCc1ccccc1C(O)Cc1cccc(F)c1F. The minimum Gasteiger partial charge on any atom is -0.388 e. The number of hydrogen-bond acceptors (Lipinski definition) is 1. The Labute approximate surface area is 111 Å². The monoisotopic (exact) mass is 262 g/mol. The topological polar surface area (TPSA) is 20.2 Å². The van der Waals surface area contributed by atoms with E-state index in [4.69, 9.17) is 0 Å². The van der Waals surface area contributed by atoms with Gasteiger partial charge in [-0.05, 0) is 29.2 Å². The van der Waals surface area contributed by atoms with Gasteiger partial charge in [0.15, 0.2) is 11.6 Å². The van der Waals surface area contributed by atoms with Crippen molar-refractivity contribution < 1.29 is 13.9 Å². The highest BCUT2D eigenvalue weighted by molar-refractivity contribution is 5.31. The van der Waals surface area contributed by atoms with Gasteiger partial charge in [0, 0.05) is 6.42 Å². The first kappa shape index (κ1) is 13.7. The molecule has 1 nitrogen and oxygen atoms in total. The molecule has 0 fully saturated rings. The largest absolute Gasteiger partial charge is 0.388 e. The molecule has 0 radical (unpaired) electrons. The number of rotatable bonds is 4. The van der Waals surface area contributed by atoms with Crippen molar-refractivity contribution in [1.82, 2.24) is 0 Å². The van der Waals surface area contributed by atoms with E-state index in [1.165, 1.54) is 12.1 Å². The van der Waals surface area contributed by atoms with E-state index in [1.54, 1.807) is 0 Å². The number of aliphatic hydroxyl groups excluding tert-OH is 1. The summed E-state index contributed by atoms with van der Waals surface area (Å²) in [6, 6.07) is 11.5. The first-order valence-corrected chi connectivity index (χ1v) is 6.32. The second kappa shape index (κ2) is 5.93. The molecule has 2 rings (SSSR count). The highest BCUT2D eigenvalue weighted by atomic mass is 19.2. The Kier molecular flexibility index (Phi) is 4.27. The molecule has 0 aliphatic heterocycles. The van der Waals surface area contributed by atoms with E-state index in [9.17, 15) is 13.9 Å². The molecule has 1 unspecified atom stereocenters. The summed E-state index contributed by atoms with van der Waals surface area (Å²) >= 11 is 0. The third-order valence-electron chi connectivity index (χ3n) is 3.24. The number of halogens is 2. The molecular formula is C16H16F2O. The molecule has 0 aliphatic carbocycles. The van der Waals surface area contributed by atoms with Crippen LogP contribution in [0.2, 0.25) is 0 Å². The Bertz CT molecular complexity index is 566. The number of aliphatic hydroxyl groups is 1. The van der Waals surface area contributed by atoms with Crippen LogP contribution in [0.3, 0.4) is 0 Å². The van der Waals surface area contributed by atoms with Crippen LogP contribution in [0, 0.1) is 11.6 Å². The average molecular weight is 262 g/mol. The van der Waals surface area contributed by atoms with Crippen LogP contribution in [0.5, 0.6) is 0 Å². The quantitative estimate of drug-likeness (QED) is 0.888. The van der Waals surface area contributed by atoms with E-state index < -0.39 is 17.7 Å². The lowest BCUT2D eigenvalue weighted by molar-refractivity contribution is 0.176. The van der Waals surface area contributed by atoms with Crippen molar-refractivity contribution in [2.45, 2.75) is 25.9 Å². The van der Waals surface area contributed by atoms with E-state index in [1.807, 2.05) is 31.2 Å². The highest BCUT2D eigenvalue weighted by Crippen LogP contribution is 2.24. The van der Waals surface area contributed by atoms with Crippen LogP contribution in [0.1, 0.15) is 29.7 Å². The fourth-order valence-corrected chi connectivity index (χ4v) is 2.21. The van der Waals surface area contributed by atoms with Gasteiger partial charge in [-0.1, -0.05) is 43.3 Å². The van der Waals surface area contributed by atoms with Crippen molar-refractivity contribution >= 4 is 0 Å². The standard InChI is InChI=1S/C16H16F2O/c1-2-11-6-3-4-8-13(11)15(19)10-12-7-5-9-14(17)16(12)18/h3-9,15,19H,2,10H2,1H3. The molecule has 0 spiro atoms. The lowest BCUT2D eigenvalue weighted by atomic mass is 9.95. The zero-order valence-electron chi connectivity index (χ0n) is 10.7. The van der Waals surface area contributed by atoms with E-state index in [0.29, 0.717) is 0 Å². The molecule has 0 aromatic heterocycles. The minimum atomic E-state index is -0.881. The van der Waals surface area contributed by atoms with Gasteiger partial charge in [-0.15, -0.1) is 0 Å². The Balaban J connectivity index is 2.26. The molecule has 0 bridgehead atoms. The Morgan fingerprint density at radius 2 is 1.68 bits per heavy atom. The van der Waals surface area contributed by atoms with Crippen LogP contribution < -0.4 is 0 Å². The van der Waals surface area contributed by atoms with Crippen molar-refractivity contribution in [1.29, 1.82) is 0 Å². The molecular weight excluding hydrogens is 246 g/mol. The molecule has 2 aromatic rings. The molecule has 19 heavy (non-hydrogen) atoms. The lowest BCUT2D eigenvalue weighted by Crippen LogP contribution is -2.07. The summed E-state index contributed by atoms with van der Waals surface area (Å²) < 4.78 is 26.7. The third-order valence-corrected chi connectivity index (χ3v) is 3.24. The Morgan fingerprint density at radius 1 is 1.00 bits per heavy atom. The molecule has 3 heteroatoms. The zero-order chi connectivity index (χ0) is 13.8. The molecule has 0 amide bonds. The zero-order valence-corrected chi connectivity index (χ0v) is 10.7. The maximum Gasteiger partial charge on any atom is 0.162 e. The van der Waals surface area contributed by atoms with Crippen LogP contribution in [-0.4, -0.2) is 5.11 Å². The molecule has 1 atom stereocenters. The van der Waals surface area contributed by atoms with Crippen LogP contribution in [-0.2, 0) is 12.8 Å². The van der Waals surface area contributed by atoms with Gasteiger partial charge in [0.2, 0.25) is 0 Å². The molecule has 0 saturated heterocycles. The molecule has 0 aliphatic rings. The molecule has 0 saturated carbocycles. The van der Waals surface area contributed by atoms with Gasteiger partial charge in [0.05, 0.1) is 6.10 Å². The summed E-state index contributed by atoms with van der Waals surface area (Å²) in [6.45, 7) is 1.99. The Morgan fingerprint density at radius 3 is 2.42 bits per heavy atom. The van der Waals surface area contributed by atoms with Crippen molar-refractivity contribution in [2.75, 3.05) is 0 Å². The molecule has 100 valence electrons. The van der Waals surface area contributed by atoms with Gasteiger partial charge in [-0.2, -0.15) is 0 Å². The lowest BCUT2D eigenvalue weighted by Gasteiger charge is -2.15. The van der Waals surface area contributed by atoms with E-state index >= 15 is 0 Å². The third kappa shape index (κ3) is 2.99. The van der Waals surface area contributed by atoms with E-state index in [2.05, 4.69) is 0 Å². The number of hydrogen-bond donors (Lipinski definition) is 1. The van der Waals surface area contributed by atoms with Crippen molar-refractivity contribution in [3.63, 3.8) is 0 Å². The molecule has 1 N–H and O–H groups in total. The number of aryl methyl sites for hydroxylation is 1.